The Morgan fingerprint density at radius 3 is 2.63 bits per heavy atom. The number of nitrogens with one attached hydrogen (secondary N) is 1. The van der Waals surface area contributed by atoms with E-state index in [0.717, 1.165) is 5.56 Å². The zero-order chi connectivity index (χ0) is 21.3. The quantitative estimate of drug-likeness (QED) is 0.485. The number of carbonyl (C=O) groups excluding carboxylic acids is 2. The van der Waals surface area contributed by atoms with Crippen molar-refractivity contribution >= 4 is 34.7 Å². The summed E-state index contributed by atoms with van der Waals surface area (Å²) in [7, 11) is 1.31. The van der Waals surface area contributed by atoms with Crippen LogP contribution in [0.1, 0.15) is 24.6 Å². The van der Waals surface area contributed by atoms with Crippen LogP contribution in [0.15, 0.2) is 43.0 Å². The summed E-state index contributed by atoms with van der Waals surface area (Å²) in [6, 6.07) is 7.42. The Morgan fingerprint density at radius 1 is 1.17 bits per heavy atom. The Labute approximate surface area is 177 Å². The number of methoxy groups -OCH3 is 1. The van der Waals surface area contributed by atoms with Gasteiger partial charge >= 0.3 is 11.9 Å². The summed E-state index contributed by atoms with van der Waals surface area (Å²) in [5.41, 5.74) is 1.65. The van der Waals surface area contributed by atoms with E-state index in [-0.39, 0.29) is 11.8 Å². The van der Waals surface area contributed by atoms with Crippen LogP contribution in [0.5, 0.6) is 0 Å². The Balaban J connectivity index is 1.89. The van der Waals surface area contributed by atoms with Gasteiger partial charge in [-0.15, -0.1) is 0 Å². The molecule has 0 aliphatic carbocycles. The predicted molar refractivity (Wildman–Crippen MR) is 108 cm³/mol. The Bertz CT molecular complexity index is 1070. The van der Waals surface area contributed by atoms with E-state index in [2.05, 4.69) is 20.3 Å². The van der Waals surface area contributed by atoms with Gasteiger partial charge in [0.1, 0.15) is 17.9 Å². The molecule has 0 spiro atoms. The van der Waals surface area contributed by atoms with Gasteiger partial charge in [0.25, 0.3) is 0 Å². The molecular formula is C20H20ClN5O4. The van der Waals surface area contributed by atoms with E-state index in [1.807, 2.05) is 30.3 Å². The normalized spacial score (nSPS) is 23.4. The molecule has 2 aromatic heterocycles. The first kappa shape index (κ1) is 20.2. The number of fused-ring (bicyclic) bond motifs is 1. The third-order valence-corrected chi connectivity index (χ3v) is 5.51. The Morgan fingerprint density at radius 2 is 1.93 bits per heavy atom. The minimum atomic E-state index is -0.833. The molecule has 0 unspecified atom stereocenters. The fraction of sp³-hybridized carbons (Fsp3) is 0.350. The Hall–Kier alpha value is -3.04. The number of rotatable bonds is 5. The molecule has 0 bridgehead atoms. The third-order valence-electron chi connectivity index (χ3n) is 5.24. The second-order valence-electron chi connectivity index (χ2n) is 6.81. The molecule has 3 heterocycles. The van der Waals surface area contributed by atoms with Crippen molar-refractivity contribution in [3.05, 3.63) is 53.7 Å². The molecule has 10 heteroatoms. The van der Waals surface area contributed by atoms with Crippen molar-refractivity contribution < 1.29 is 19.1 Å². The van der Waals surface area contributed by atoms with Crippen molar-refractivity contribution in [2.24, 2.45) is 5.92 Å². The largest absolute Gasteiger partial charge is 0.468 e. The molecule has 1 fully saturated rings. The first-order valence-corrected chi connectivity index (χ1v) is 9.83. The minimum Gasteiger partial charge on any atom is -0.468 e. The van der Waals surface area contributed by atoms with E-state index in [9.17, 15) is 9.59 Å². The van der Waals surface area contributed by atoms with Crippen LogP contribution in [0.3, 0.4) is 0 Å². The number of esters is 2. The zero-order valence-corrected chi connectivity index (χ0v) is 17.1. The van der Waals surface area contributed by atoms with Crippen molar-refractivity contribution in [1.29, 1.82) is 0 Å². The molecule has 4 rings (SSSR count). The van der Waals surface area contributed by atoms with E-state index in [0.29, 0.717) is 11.2 Å². The van der Waals surface area contributed by atoms with Crippen molar-refractivity contribution in [1.82, 2.24) is 24.8 Å². The number of carbonyl (C=O) groups is 2. The highest BCUT2D eigenvalue weighted by Crippen LogP contribution is 2.42. The molecule has 1 aliphatic rings. The molecule has 1 aromatic carbocycles. The fourth-order valence-electron chi connectivity index (χ4n) is 3.99. The summed E-state index contributed by atoms with van der Waals surface area (Å²) in [5.74, 6) is -1.67. The molecule has 1 aliphatic heterocycles. The van der Waals surface area contributed by atoms with Gasteiger partial charge in [-0.2, -0.15) is 0 Å². The molecule has 0 radical (unpaired) electrons. The van der Waals surface area contributed by atoms with Crippen LogP contribution in [-0.4, -0.2) is 51.2 Å². The molecule has 4 atom stereocenters. The molecular weight excluding hydrogens is 410 g/mol. The van der Waals surface area contributed by atoms with Gasteiger partial charge in [0.15, 0.2) is 10.8 Å². The second kappa shape index (κ2) is 8.37. The minimum absolute atomic E-state index is 0.187. The topological polar surface area (TPSA) is 108 Å². The van der Waals surface area contributed by atoms with Gasteiger partial charge in [-0.1, -0.05) is 41.9 Å². The Kier molecular flexibility index (Phi) is 5.65. The molecule has 3 aromatic rings. The lowest BCUT2D eigenvalue weighted by molar-refractivity contribution is -0.150. The molecule has 0 saturated carbocycles. The van der Waals surface area contributed by atoms with Gasteiger partial charge in [0.2, 0.25) is 0 Å². The lowest BCUT2D eigenvalue weighted by Crippen LogP contribution is -2.39. The number of hydrogen-bond donors (Lipinski definition) is 1. The highest BCUT2D eigenvalue weighted by atomic mass is 35.5. The maximum absolute atomic E-state index is 13.1. The summed E-state index contributed by atoms with van der Waals surface area (Å²) in [6.45, 7) is 1.95. The molecule has 1 N–H and O–H groups in total. The van der Waals surface area contributed by atoms with Gasteiger partial charge in [-0.05, 0) is 12.5 Å². The summed E-state index contributed by atoms with van der Waals surface area (Å²) < 4.78 is 12.1. The average molecular weight is 430 g/mol. The number of halogens is 1. The van der Waals surface area contributed by atoms with E-state index < -0.39 is 36.0 Å². The van der Waals surface area contributed by atoms with Crippen LogP contribution in [0, 0.1) is 5.92 Å². The van der Waals surface area contributed by atoms with Gasteiger partial charge in [-0.3, -0.25) is 14.9 Å². The summed E-state index contributed by atoms with van der Waals surface area (Å²) >= 11 is 6.15. The summed E-state index contributed by atoms with van der Waals surface area (Å²) in [5, 5.41) is 3.45. The number of nitrogens with zero attached hydrogens (tertiary/aromatic N) is 4. The SMILES string of the molecule is CCOC(=O)[C@@H]1[C@@H](n2cnc3c(Cl)ncnc32)[C@H](C(=O)OC)N[C@@H]1c1ccccc1. The van der Waals surface area contributed by atoms with E-state index in [1.165, 1.54) is 19.8 Å². The first-order chi connectivity index (χ1) is 14.6. The van der Waals surface area contributed by atoms with Gasteiger partial charge < -0.3 is 14.0 Å². The van der Waals surface area contributed by atoms with Crippen LogP contribution >= 0.6 is 11.6 Å². The smallest absolute Gasteiger partial charge is 0.325 e. The first-order valence-electron chi connectivity index (χ1n) is 9.45. The number of benzene rings is 1. The molecule has 1 saturated heterocycles. The van der Waals surface area contributed by atoms with Crippen molar-refractivity contribution in [2.45, 2.75) is 25.0 Å². The number of hydrogen-bond acceptors (Lipinski definition) is 8. The van der Waals surface area contributed by atoms with Crippen LogP contribution < -0.4 is 5.32 Å². The highest BCUT2D eigenvalue weighted by molar-refractivity contribution is 6.33. The standard InChI is InChI=1S/C20H20ClN5O4/c1-3-30-19(27)12-13(11-7-5-4-6-8-11)25-14(20(28)29-2)16(12)26-10-24-15-17(21)22-9-23-18(15)26/h4-10,12-14,16,25H,3H2,1-2H3/t12-,13+,14+,16+/m0/s1. The van der Waals surface area contributed by atoms with Crippen LogP contribution in [-0.2, 0) is 19.1 Å². The second-order valence-corrected chi connectivity index (χ2v) is 7.17. The van der Waals surface area contributed by atoms with E-state index in [4.69, 9.17) is 21.1 Å². The highest BCUT2D eigenvalue weighted by Gasteiger charge is 2.53. The maximum atomic E-state index is 13.1. The fourth-order valence-corrected chi connectivity index (χ4v) is 4.16. The lowest BCUT2D eigenvalue weighted by atomic mass is 9.89. The van der Waals surface area contributed by atoms with Crippen LogP contribution in [0.2, 0.25) is 5.15 Å². The lowest BCUT2D eigenvalue weighted by Gasteiger charge is -2.24. The van der Waals surface area contributed by atoms with Crippen LogP contribution in [0.4, 0.5) is 0 Å². The number of imidazole rings is 1. The van der Waals surface area contributed by atoms with Gasteiger partial charge in [0, 0.05) is 6.04 Å². The van der Waals surface area contributed by atoms with Crippen LogP contribution in [0.25, 0.3) is 11.2 Å². The van der Waals surface area contributed by atoms with E-state index >= 15 is 0 Å². The maximum Gasteiger partial charge on any atom is 0.325 e. The summed E-state index contributed by atoms with van der Waals surface area (Å²) in [4.78, 5) is 38.3. The van der Waals surface area contributed by atoms with Gasteiger partial charge in [0.05, 0.1) is 32.0 Å². The number of aromatic nitrogens is 4. The van der Waals surface area contributed by atoms with Crippen molar-refractivity contribution in [3.8, 4) is 0 Å². The van der Waals surface area contributed by atoms with E-state index in [1.54, 1.807) is 11.5 Å². The zero-order valence-electron chi connectivity index (χ0n) is 16.4. The van der Waals surface area contributed by atoms with Crippen molar-refractivity contribution in [3.63, 3.8) is 0 Å². The molecule has 30 heavy (non-hydrogen) atoms. The van der Waals surface area contributed by atoms with Gasteiger partial charge in [-0.25, -0.2) is 15.0 Å². The summed E-state index contributed by atoms with van der Waals surface area (Å²) in [6.07, 6.45) is 2.82. The average Bonchev–Trinajstić information content (AvgIpc) is 3.36. The monoisotopic (exact) mass is 429 g/mol. The molecule has 9 nitrogen and oxygen atoms in total. The van der Waals surface area contributed by atoms with Crippen molar-refractivity contribution in [2.75, 3.05) is 13.7 Å². The number of ether oxygens (including phenoxy) is 2. The molecule has 0 amide bonds. The third kappa shape index (κ3) is 3.40. The molecule has 156 valence electrons. The predicted octanol–water partition coefficient (Wildman–Crippen LogP) is 2.09.